The Hall–Kier alpha value is -2.01. The lowest BCUT2D eigenvalue weighted by Gasteiger charge is -2.12. The fraction of sp³-hybridized carbons (Fsp3) is 0.333. The van der Waals surface area contributed by atoms with Crippen molar-refractivity contribution in [1.29, 1.82) is 0 Å². The van der Waals surface area contributed by atoms with Crippen LogP contribution in [0.4, 0.5) is 0 Å². The SMILES string of the molecule is Cc1cnc(CNC(=NCc2ccccc2)NCc2nnc(C)n2C)s1.I. The normalized spacial score (nSPS) is 11.1. The third-order valence-corrected chi connectivity index (χ3v) is 4.85. The van der Waals surface area contributed by atoms with Gasteiger partial charge in [0.2, 0.25) is 0 Å². The van der Waals surface area contributed by atoms with Crippen LogP contribution < -0.4 is 10.6 Å². The fourth-order valence-corrected chi connectivity index (χ4v) is 3.07. The Labute approximate surface area is 180 Å². The molecule has 9 heteroatoms. The van der Waals surface area contributed by atoms with Gasteiger partial charge < -0.3 is 15.2 Å². The Morgan fingerprint density at radius 1 is 1.11 bits per heavy atom. The number of nitrogens with zero attached hydrogens (tertiary/aromatic N) is 5. The van der Waals surface area contributed by atoms with E-state index < -0.39 is 0 Å². The summed E-state index contributed by atoms with van der Waals surface area (Å²) in [4.78, 5) is 10.3. The van der Waals surface area contributed by atoms with Crippen LogP contribution in [0.15, 0.2) is 41.5 Å². The van der Waals surface area contributed by atoms with E-state index in [1.807, 2.05) is 42.9 Å². The van der Waals surface area contributed by atoms with E-state index in [4.69, 9.17) is 0 Å². The van der Waals surface area contributed by atoms with E-state index in [1.165, 1.54) is 4.88 Å². The van der Waals surface area contributed by atoms with Gasteiger partial charge in [0, 0.05) is 18.1 Å². The van der Waals surface area contributed by atoms with Crippen LogP contribution >= 0.6 is 35.3 Å². The Kier molecular flexibility index (Phi) is 8.17. The minimum atomic E-state index is 0. The highest BCUT2D eigenvalue weighted by Crippen LogP contribution is 2.10. The van der Waals surface area contributed by atoms with E-state index >= 15 is 0 Å². The van der Waals surface area contributed by atoms with Crippen molar-refractivity contribution in [1.82, 2.24) is 30.4 Å². The fourth-order valence-electron chi connectivity index (χ4n) is 2.34. The van der Waals surface area contributed by atoms with Crippen molar-refractivity contribution in [3.63, 3.8) is 0 Å². The van der Waals surface area contributed by atoms with Crippen molar-refractivity contribution in [2.75, 3.05) is 0 Å². The number of hydrogen-bond donors (Lipinski definition) is 2. The van der Waals surface area contributed by atoms with Crippen LogP contribution in [0.25, 0.3) is 0 Å². The maximum Gasteiger partial charge on any atom is 0.192 e. The van der Waals surface area contributed by atoms with Gasteiger partial charge in [-0.3, -0.25) is 0 Å². The molecule has 0 radical (unpaired) electrons. The van der Waals surface area contributed by atoms with Crippen LogP contribution in [0, 0.1) is 13.8 Å². The second kappa shape index (κ2) is 10.4. The Morgan fingerprint density at radius 2 is 1.85 bits per heavy atom. The van der Waals surface area contributed by atoms with E-state index in [-0.39, 0.29) is 24.0 Å². The van der Waals surface area contributed by atoms with Gasteiger partial charge >= 0.3 is 0 Å². The van der Waals surface area contributed by atoms with E-state index in [0.29, 0.717) is 19.6 Å². The summed E-state index contributed by atoms with van der Waals surface area (Å²) >= 11 is 1.68. The molecule has 0 unspecified atom stereocenters. The molecule has 3 aromatic rings. The van der Waals surface area contributed by atoms with Gasteiger partial charge in [-0.1, -0.05) is 30.3 Å². The molecule has 0 aliphatic heterocycles. The molecule has 2 N–H and O–H groups in total. The van der Waals surface area contributed by atoms with Gasteiger partial charge in [0.05, 0.1) is 19.6 Å². The van der Waals surface area contributed by atoms with E-state index in [0.717, 1.165) is 28.2 Å². The average molecular weight is 497 g/mol. The summed E-state index contributed by atoms with van der Waals surface area (Å²) in [7, 11) is 1.96. The van der Waals surface area contributed by atoms with Crippen LogP contribution in [-0.2, 0) is 26.7 Å². The van der Waals surface area contributed by atoms with Crippen molar-refractivity contribution in [3.05, 3.63) is 63.6 Å². The van der Waals surface area contributed by atoms with Crippen molar-refractivity contribution in [3.8, 4) is 0 Å². The first-order chi connectivity index (χ1) is 12.6. The van der Waals surface area contributed by atoms with Gasteiger partial charge in [-0.2, -0.15) is 0 Å². The minimum absolute atomic E-state index is 0. The molecule has 0 aliphatic carbocycles. The monoisotopic (exact) mass is 497 g/mol. The molecule has 1 aromatic carbocycles. The predicted molar refractivity (Wildman–Crippen MR) is 119 cm³/mol. The van der Waals surface area contributed by atoms with Gasteiger partial charge in [0.15, 0.2) is 11.8 Å². The van der Waals surface area contributed by atoms with E-state index in [2.05, 4.69) is 49.9 Å². The Morgan fingerprint density at radius 3 is 2.48 bits per heavy atom. The summed E-state index contributed by atoms with van der Waals surface area (Å²) in [6.45, 7) is 5.78. The van der Waals surface area contributed by atoms with Gasteiger partial charge in [0.25, 0.3) is 0 Å². The first kappa shape index (κ1) is 21.3. The molecule has 27 heavy (non-hydrogen) atoms. The zero-order valence-corrected chi connectivity index (χ0v) is 18.8. The molecule has 3 rings (SSSR count). The standard InChI is InChI=1S/C18H23N7S.HI/c1-13-9-19-17(26-13)12-22-18(20-10-15-7-5-4-6-8-15)21-11-16-24-23-14(2)25(16)3;/h4-9H,10-12H2,1-3H3,(H2,20,21,22);1H. The van der Waals surface area contributed by atoms with Crippen molar-refractivity contribution in [2.24, 2.45) is 12.0 Å². The molecule has 0 atom stereocenters. The molecule has 0 fully saturated rings. The number of guanidine groups is 1. The highest BCUT2D eigenvalue weighted by molar-refractivity contribution is 14.0. The topological polar surface area (TPSA) is 80.0 Å². The molecule has 7 nitrogen and oxygen atoms in total. The maximum atomic E-state index is 4.68. The summed E-state index contributed by atoms with van der Waals surface area (Å²) in [6, 6.07) is 10.2. The summed E-state index contributed by atoms with van der Waals surface area (Å²) < 4.78 is 1.96. The quantitative estimate of drug-likeness (QED) is 0.311. The van der Waals surface area contributed by atoms with Crippen LogP contribution in [-0.4, -0.2) is 25.7 Å². The summed E-state index contributed by atoms with van der Waals surface area (Å²) in [5, 5.41) is 16.0. The highest BCUT2D eigenvalue weighted by Gasteiger charge is 2.07. The van der Waals surface area contributed by atoms with Crippen LogP contribution in [0.2, 0.25) is 0 Å². The summed E-state index contributed by atoms with van der Waals surface area (Å²) in [5.74, 6) is 2.47. The summed E-state index contributed by atoms with van der Waals surface area (Å²) in [5.41, 5.74) is 1.16. The minimum Gasteiger partial charge on any atom is -0.350 e. The van der Waals surface area contributed by atoms with E-state index in [1.54, 1.807) is 11.3 Å². The third-order valence-electron chi connectivity index (χ3n) is 3.94. The predicted octanol–water partition coefficient (Wildman–Crippen LogP) is 2.94. The number of thiazole rings is 1. The highest BCUT2D eigenvalue weighted by atomic mass is 127. The smallest absolute Gasteiger partial charge is 0.192 e. The lowest BCUT2D eigenvalue weighted by Crippen LogP contribution is -2.37. The molecule has 2 heterocycles. The van der Waals surface area contributed by atoms with Crippen molar-refractivity contribution < 1.29 is 0 Å². The second-order valence-electron chi connectivity index (χ2n) is 5.94. The van der Waals surface area contributed by atoms with Gasteiger partial charge in [-0.15, -0.1) is 45.5 Å². The van der Waals surface area contributed by atoms with Crippen molar-refractivity contribution in [2.45, 2.75) is 33.5 Å². The van der Waals surface area contributed by atoms with Crippen LogP contribution in [0.3, 0.4) is 0 Å². The average Bonchev–Trinajstić information content (AvgIpc) is 3.21. The van der Waals surface area contributed by atoms with Gasteiger partial charge in [-0.05, 0) is 19.4 Å². The number of benzene rings is 1. The first-order valence-electron chi connectivity index (χ1n) is 8.44. The number of hydrogen-bond acceptors (Lipinski definition) is 5. The number of nitrogens with one attached hydrogen (secondary N) is 2. The number of aliphatic imine (C=N–C) groups is 1. The number of halogens is 1. The molecule has 0 bridgehead atoms. The molecule has 0 saturated carbocycles. The van der Waals surface area contributed by atoms with Gasteiger partial charge in [-0.25, -0.2) is 9.98 Å². The second-order valence-corrected chi connectivity index (χ2v) is 7.26. The van der Waals surface area contributed by atoms with Gasteiger partial charge in [0.1, 0.15) is 10.8 Å². The molecule has 0 aliphatic rings. The van der Waals surface area contributed by atoms with Crippen molar-refractivity contribution >= 4 is 41.3 Å². The third kappa shape index (κ3) is 6.28. The van der Waals surface area contributed by atoms with Crippen LogP contribution in [0.1, 0.15) is 27.1 Å². The first-order valence-corrected chi connectivity index (χ1v) is 9.26. The molecule has 2 aromatic heterocycles. The molecule has 0 saturated heterocycles. The van der Waals surface area contributed by atoms with E-state index in [9.17, 15) is 0 Å². The summed E-state index contributed by atoms with van der Waals surface area (Å²) in [6.07, 6.45) is 1.89. The molecule has 0 amide bonds. The lowest BCUT2D eigenvalue weighted by atomic mass is 10.2. The molecule has 144 valence electrons. The number of aromatic nitrogens is 4. The maximum absolute atomic E-state index is 4.68. The zero-order valence-electron chi connectivity index (χ0n) is 15.6. The van der Waals surface area contributed by atoms with Crippen LogP contribution in [0.5, 0.6) is 0 Å². The molecule has 0 spiro atoms. The Bertz CT molecular complexity index is 873. The zero-order chi connectivity index (χ0) is 18.4. The Balaban J connectivity index is 0.00000261. The number of aryl methyl sites for hydroxylation is 2. The molecular weight excluding hydrogens is 473 g/mol. The lowest BCUT2D eigenvalue weighted by molar-refractivity contribution is 0.713. The molecular formula is C18H24IN7S. The largest absolute Gasteiger partial charge is 0.350 e. The number of rotatable bonds is 6.